The molecule has 0 saturated heterocycles. The zero-order valence-electron chi connectivity index (χ0n) is 12.2. The molecular formula is C15H12ClF3N2O3. The number of hydrogen-bond acceptors (Lipinski definition) is 5. The monoisotopic (exact) mass is 360 g/mol. The SMILES string of the molecule is FC(F)(F)c1cnc(NCCOc2ccc3c(c2)OCO3)c(Cl)c1. The Morgan fingerprint density at radius 1 is 1.21 bits per heavy atom. The summed E-state index contributed by atoms with van der Waals surface area (Å²) in [5.41, 5.74) is -0.894. The Labute approximate surface area is 140 Å². The summed E-state index contributed by atoms with van der Waals surface area (Å²) in [4.78, 5) is 3.68. The van der Waals surface area contributed by atoms with Crippen LogP contribution in [0.1, 0.15) is 5.56 Å². The third-order valence-corrected chi connectivity index (χ3v) is 3.46. The van der Waals surface area contributed by atoms with Crippen LogP contribution in [0.2, 0.25) is 5.02 Å². The van der Waals surface area contributed by atoms with Crippen molar-refractivity contribution < 1.29 is 27.4 Å². The summed E-state index contributed by atoms with van der Waals surface area (Å²) in [5, 5.41) is 2.72. The molecule has 1 aromatic heterocycles. The highest BCUT2D eigenvalue weighted by Gasteiger charge is 2.31. The summed E-state index contributed by atoms with van der Waals surface area (Å²) in [6, 6.07) is 6.00. The summed E-state index contributed by atoms with van der Waals surface area (Å²) in [6.45, 7) is 0.754. The molecule has 9 heteroatoms. The molecule has 0 spiro atoms. The normalized spacial score (nSPS) is 13.0. The number of alkyl halides is 3. The van der Waals surface area contributed by atoms with Gasteiger partial charge in [-0.25, -0.2) is 4.98 Å². The largest absolute Gasteiger partial charge is 0.492 e. The molecular weight excluding hydrogens is 349 g/mol. The fourth-order valence-electron chi connectivity index (χ4n) is 2.03. The molecule has 2 aromatic rings. The molecule has 24 heavy (non-hydrogen) atoms. The highest BCUT2D eigenvalue weighted by atomic mass is 35.5. The van der Waals surface area contributed by atoms with E-state index in [4.69, 9.17) is 25.8 Å². The number of nitrogens with zero attached hydrogens (tertiary/aromatic N) is 1. The summed E-state index contributed by atoms with van der Waals surface area (Å²) in [6.07, 6.45) is -3.75. The van der Waals surface area contributed by atoms with Crippen molar-refractivity contribution in [2.45, 2.75) is 6.18 Å². The number of pyridine rings is 1. The zero-order chi connectivity index (χ0) is 17.2. The number of nitrogens with one attached hydrogen (secondary N) is 1. The van der Waals surface area contributed by atoms with Crippen LogP contribution in [-0.4, -0.2) is 24.9 Å². The molecule has 0 bridgehead atoms. The van der Waals surface area contributed by atoms with E-state index in [0.717, 1.165) is 12.3 Å². The lowest BCUT2D eigenvalue weighted by Crippen LogP contribution is -2.13. The maximum Gasteiger partial charge on any atom is 0.417 e. The lowest BCUT2D eigenvalue weighted by Gasteiger charge is -2.11. The van der Waals surface area contributed by atoms with Crippen LogP contribution in [0.15, 0.2) is 30.5 Å². The predicted molar refractivity (Wildman–Crippen MR) is 80.8 cm³/mol. The van der Waals surface area contributed by atoms with Crippen LogP contribution < -0.4 is 19.5 Å². The van der Waals surface area contributed by atoms with Gasteiger partial charge in [0.15, 0.2) is 11.5 Å². The van der Waals surface area contributed by atoms with Crippen LogP contribution >= 0.6 is 11.6 Å². The number of hydrogen-bond donors (Lipinski definition) is 1. The number of rotatable bonds is 5. The van der Waals surface area contributed by atoms with Crippen molar-refractivity contribution >= 4 is 17.4 Å². The molecule has 0 amide bonds. The smallest absolute Gasteiger partial charge is 0.417 e. The standard InChI is InChI=1S/C15H12ClF3N2O3/c16-11-5-9(15(17,18)19)7-21-14(11)20-3-4-22-10-1-2-12-13(6-10)24-8-23-12/h1-2,5-7H,3-4,8H2,(H,20,21). The van der Waals surface area contributed by atoms with E-state index in [1.54, 1.807) is 18.2 Å². The highest BCUT2D eigenvalue weighted by molar-refractivity contribution is 6.32. The Bertz CT molecular complexity index is 740. The van der Waals surface area contributed by atoms with Gasteiger partial charge in [0.25, 0.3) is 0 Å². The lowest BCUT2D eigenvalue weighted by atomic mass is 10.3. The lowest BCUT2D eigenvalue weighted by molar-refractivity contribution is -0.137. The average molecular weight is 361 g/mol. The molecule has 5 nitrogen and oxygen atoms in total. The average Bonchev–Trinajstić information content (AvgIpc) is 2.99. The summed E-state index contributed by atoms with van der Waals surface area (Å²) in [7, 11) is 0. The van der Waals surface area contributed by atoms with E-state index in [-0.39, 0.29) is 24.2 Å². The summed E-state index contributed by atoms with van der Waals surface area (Å²) in [5.74, 6) is 2.01. The van der Waals surface area contributed by atoms with Gasteiger partial charge in [0.2, 0.25) is 6.79 Å². The number of anilines is 1. The van der Waals surface area contributed by atoms with Gasteiger partial charge < -0.3 is 19.5 Å². The van der Waals surface area contributed by atoms with Gasteiger partial charge in [0, 0.05) is 12.3 Å². The number of fused-ring (bicyclic) bond motifs is 1. The quantitative estimate of drug-likeness (QED) is 0.818. The maximum atomic E-state index is 12.5. The Morgan fingerprint density at radius 3 is 2.75 bits per heavy atom. The van der Waals surface area contributed by atoms with Gasteiger partial charge in [0.05, 0.1) is 17.1 Å². The van der Waals surface area contributed by atoms with Gasteiger partial charge in [-0.05, 0) is 18.2 Å². The van der Waals surface area contributed by atoms with Crippen LogP contribution in [0.25, 0.3) is 0 Å². The number of halogens is 4. The second kappa shape index (κ2) is 6.64. The van der Waals surface area contributed by atoms with Crippen molar-refractivity contribution in [1.29, 1.82) is 0 Å². The molecule has 1 aromatic carbocycles. The van der Waals surface area contributed by atoms with Crippen molar-refractivity contribution in [1.82, 2.24) is 4.98 Å². The van der Waals surface area contributed by atoms with Crippen molar-refractivity contribution in [3.63, 3.8) is 0 Å². The molecule has 3 rings (SSSR count). The Morgan fingerprint density at radius 2 is 2.00 bits per heavy atom. The first-order chi connectivity index (χ1) is 11.4. The van der Waals surface area contributed by atoms with Gasteiger partial charge in [-0.15, -0.1) is 0 Å². The molecule has 0 unspecified atom stereocenters. The topological polar surface area (TPSA) is 52.6 Å². The minimum absolute atomic E-state index is 0.104. The fraction of sp³-hybridized carbons (Fsp3) is 0.267. The first-order valence-corrected chi connectivity index (χ1v) is 7.30. The molecule has 1 aliphatic rings. The number of aromatic nitrogens is 1. The first-order valence-electron chi connectivity index (χ1n) is 6.92. The zero-order valence-corrected chi connectivity index (χ0v) is 12.9. The van der Waals surface area contributed by atoms with E-state index in [1.807, 2.05) is 0 Å². The molecule has 0 aliphatic carbocycles. The van der Waals surface area contributed by atoms with E-state index >= 15 is 0 Å². The van der Waals surface area contributed by atoms with Gasteiger partial charge >= 0.3 is 6.18 Å². The van der Waals surface area contributed by atoms with E-state index in [2.05, 4.69) is 10.3 Å². The molecule has 2 heterocycles. The van der Waals surface area contributed by atoms with E-state index in [9.17, 15) is 13.2 Å². The first kappa shape index (κ1) is 16.5. The summed E-state index contributed by atoms with van der Waals surface area (Å²) >= 11 is 5.80. The van der Waals surface area contributed by atoms with E-state index < -0.39 is 11.7 Å². The number of benzene rings is 1. The second-order valence-electron chi connectivity index (χ2n) is 4.84. The predicted octanol–water partition coefficient (Wildman–Crippen LogP) is 3.97. The third-order valence-electron chi connectivity index (χ3n) is 3.18. The van der Waals surface area contributed by atoms with Crippen LogP contribution in [0.5, 0.6) is 17.2 Å². The second-order valence-corrected chi connectivity index (χ2v) is 5.25. The van der Waals surface area contributed by atoms with Crippen LogP contribution in [0, 0.1) is 0 Å². The molecule has 0 radical (unpaired) electrons. The minimum Gasteiger partial charge on any atom is -0.492 e. The maximum absolute atomic E-state index is 12.5. The summed E-state index contributed by atoms with van der Waals surface area (Å²) < 4.78 is 53.5. The van der Waals surface area contributed by atoms with E-state index in [0.29, 0.717) is 23.8 Å². The van der Waals surface area contributed by atoms with Crippen molar-refractivity contribution in [2.24, 2.45) is 0 Å². The molecule has 1 N–H and O–H groups in total. The van der Waals surface area contributed by atoms with Gasteiger partial charge in [-0.3, -0.25) is 0 Å². The van der Waals surface area contributed by atoms with Gasteiger partial charge in [-0.1, -0.05) is 11.6 Å². The Kier molecular flexibility index (Phi) is 4.57. The molecule has 1 aliphatic heterocycles. The Balaban J connectivity index is 1.52. The van der Waals surface area contributed by atoms with Crippen molar-refractivity contribution in [3.8, 4) is 17.2 Å². The third kappa shape index (κ3) is 3.76. The Hall–Kier alpha value is -2.35. The molecule has 128 valence electrons. The fourth-order valence-corrected chi connectivity index (χ4v) is 2.26. The molecule has 0 saturated carbocycles. The van der Waals surface area contributed by atoms with Crippen LogP contribution in [0.3, 0.4) is 0 Å². The van der Waals surface area contributed by atoms with Crippen molar-refractivity contribution in [3.05, 3.63) is 41.0 Å². The van der Waals surface area contributed by atoms with Crippen LogP contribution in [-0.2, 0) is 6.18 Å². The van der Waals surface area contributed by atoms with Gasteiger partial charge in [0.1, 0.15) is 18.2 Å². The van der Waals surface area contributed by atoms with Gasteiger partial charge in [-0.2, -0.15) is 13.2 Å². The minimum atomic E-state index is -4.47. The molecule has 0 fully saturated rings. The molecule has 0 atom stereocenters. The number of ether oxygens (including phenoxy) is 3. The van der Waals surface area contributed by atoms with Crippen molar-refractivity contribution in [2.75, 3.05) is 25.3 Å². The van der Waals surface area contributed by atoms with Crippen LogP contribution in [0.4, 0.5) is 19.0 Å². The van der Waals surface area contributed by atoms with E-state index in [1.165, 1.54) is 0 Å². The highest BCUT2D eigenvalue weighted by Crippen LogP contribution is 2.35.